The van der Waals surface area contributed by atoms with Crippen molar-refractivity contribution in [2.24, 2.45) is 11.3 Å². The van der Waals surface area contributed by atoms with E-state index in [1.807, 2.05) is 0 Å². The predicted octanol–water partition coefficient (Wildman–Crippen LogP) is 4.32. The fraction of sp³-hybridized carbons (Fsp3) is 1.00. The quantitative estimate of drug-likeness (QED) is 0.650. The van der Waals surface area contributed by atoms with Crippen LogP contribution < -0.4 is 0 Å². The van der Waals surface area contributed by atoms with Crippen LogP contribution in [0.1, 0.15) is 65.7 Å². The molecule has 16 heavy (non-hydrogen) atoms. The van der Waals surface area contributed by atoms with E-state index in [-0.39, 0.29) is 0 Å². The average molecular weight is 225 g/mol. The van der Waals surface area contributed by atoms with E-state index in [0.29, 0.717) is 5.41 Å². The molecular formula is C15H31N. The highest BCUT2D eigenvalue weighted by Crippen LogP contribution is 2.27. The maximum atomic E-state index is 2.58. The first-order valence-electron chi connectivity index (χ1n) is 7.22. The Labute approximate surface area is 103 Å². The van der Waals surface area contributed by atoms with Crippen LogP contribution >= 0.6 is 0 Å². The predicted molar refractivity (Wildman–Crippen MR) is 72.8 cm³/mol. The maximum absolute atomic E-state index is 2.58. The summed E-state index contributed by atoms with van der Waals surface area (Å²) in [6.07, 6.45) is 10.0. The van der Waals surface area contributed by atoms with Crippen molar-refractivity contribution in [3.63, 3.8) is 0 Å². The van der Waals surface area contributed by atoms with Gasteiger partial charge < -0.3 is 4.90 Å². The molecule has 0 aromatic carbocycles. The first kappa shape index (κ1) is 14.0. The molecule has 1 nitrogen and oxygen atoms in total. The smallest absolute Gasteiger partial charge is 0.00297 e. The van der Waals surface area contributed by atoms with Gasteiger partial charge in [-0.05, 0) is 37.6 Å². The first-order chi connectivity index (χ1) is 7.53. The van der Waals surface area contributed by atoms with Crippen molar-refractivity contribution in [2.45, 2.75) is 65.7 Å². The minimum Gasteiger partial charge on any atom is -0.306 e. The van der Waals surface area contributed by atoms with Gasteiger partial charge in [-0.1, -0.05) is 46.5 Å². The molecule has 0 heterocycles. The topological polar surface area (TPSA) is 3.24 Å². The van der Waals surface area contributed by atoms with Gasteiger partial charge in [0.15, 0.2) is 0 Å². The van der Waals surface area contributed by atoms with Crippen molar-refractivity contribution in [1.29, 1.82) is 0 Å². The zero-order chi connectivity index (χ0) is 12.0. The Kier molecular flexibility index (Phi) is 5.82. The van der Waals surface area contributed by atoms with E-state index in [1.165, 1.54) is 58.0 Å². The molecule has 1 saturated carbocycles. The Hall–Kier alpha value is -0.0400. The zero-order valence-corrected chi connectivity index (χ0v) is 11.9. The van der Waals surface area contributed by atoms with Gasteiger partial charge in [-0.15, -0.1) is 0 Å². The summed E-state index contributed by atoms with van der Waals surface area (Å²) in [6.45, 7) is 9.70. The highest BCUT2D eigenvalue weighted by molar-refractivity contribution is 4.75. The van der Waals surface area contributed by atoms with Gasteiger partial charge in [-0.25, -0.2) is 0 Å². The third-order valence-corrected chi connectivity index (χ3v) is 3.92. The van der Waals surface area contributed by atoms with E-state index in [4.69, 9.17) is 0 Å². The number of hydrogen-bond acceptors (Lipinski definition) is 1. The summed E-state index contributed by atoms with van der Waals surface area (Å²) in [6, 6.07) is 0. The van der Waals surface area contributed by atoms with Crippen LogP contribution in [0.5, 0.6) is 0 Å². The van der Waals surface area contributed by atoms with E-state index in [0.717, 1.165) is 5.92 Å². The molecule has 1 heteroatoms. The molecule has 96 valence electrons. The second-order valence-electron chi connectivity index (χ2n) is 6.61. The fourth-order valence-electron chi connectivity index (χ4n) is 3.36. The Bertz CT molecular complexity index is 180. The van der Waals surface area contributed by atoms with Gasteiger partial charge >= 0.3 is 0 Å². The molecule has 0 aliphatic heterocycles. The van der Waals surface area contributed by atoms with Crippen molar-refractivity contribution in [1.82, 2.24) is 4.90 Å². The normalized spacial score (nSPS) is 19.3. The van der Waals surface area contributed by atoms with Crippen LogP contribution in [0.3, 0.4) is 0 Å². The van der Waals surface area contributed by atoms with Gasteiger partial charge in [0.2, 0.25) is 0 Å². The molecule has 0 unspecified atom stereocenters. The standard InChI is InChI=1S/C15H31N/c1-5-11-15(2,3)13-16(4)12-14-9-7-6-8-10-14/h14H,5-13H2,1-4H3. The van der Waals surface area contributed by atoms with Gasteiger partial charge in [-0.2, -0.15) is 0 Å². The van der Waals surface area contributed by atoms with E-state index in [1.54, 1.807) is 0 Å². The monoisotopic (exact) mass is 225 g/mol. The summed E-state index contributed by atoms with van der Waals surface area (Å²) in [7, 11) is 2.31. The fourth-order valence-corrected chi connectivity index (χ4v) is 3.36. The second kappa shape index (κ2) is 6.64. The van der Waals surface area contributed by atoms with Crippen molar-refractivity contribution in [3.05, 3.63) is 0 Å². The minimum absolute atomic E-state index is 0.498. The summed E-state index contributed by atoms with van der Waals surface area (Å²) >= 11 is 0. The molecule has 1 aliphatic rings. The second-order valence-corrected chi connectivity index (χ2v) is 6.61. The molecule has 0 radical (unpaired) electrons. The molecule has 0 atom stereocenters. The third-order valence-electron chi connectivity index (χ3n) is 3.92. The molecule has 0 bridgehead atoms. The molecule has 1 fully saturated rings. The van der Waals surface area contributed by atoms with Crippen molar-refractivity contribution < 1.29 is 0 Å². The van der Waals surface area contributed by atoms with E-state index >= 15 is 0 Å². The first-order valence-corrected chi connectivity index (χ1v) is 7.22. The summed E-state index contributed by atoms with van der Waals surface area (Å²) in [5.74, 6) is 0.983. The lowest BCUT2D eigenvalue weighted by molar-refractivity contribution is 0.161. The van der Waals surface area contributed by atoms with E-state index in [2.05, 4.69) is 32.7 Å². The van der Waals surface area contributed by atoms with Crippen LogP contribution in [0.15, 0.2) is 0 Å². The van der Waals surface area contributed by atoms with E-state index < -0.39 is 0 Å². The van der Waals surface area contributed by atoms with Crippen LogP contribution in [0.4, 0.5) is 0 Å². The lowest BCUT2D eigenvalue weighted by Gasteiger charge is -2.33. The number of hydrogen-bond donors (Lipinski definition) is 0. The largest absolute Gasteiger partial charge is 0.306 e. The molecule has 0 saturated heterocycles. The summed E-state index contributed by atoms with van der Waals surface area (Å²) in [4.78, 5) is 2.58. The summed E-state index contributed by atoms with van der Waals surface area (Å²) < 4.78 is 0. The van der Waals surface area contributed by atoms with Gasteiger partial charge in [-0.3, -0.25) is 0 Å². The molecule has 0 N–H and O–H groups in total. The molecule has 0 amide bonds. The molecule has 0 aromatic rings. The minimum atomic E-state index is 0.498. The van der Waals surface area contributed by atoms with Crippen LogP contribution in [0, 0.1) is 11.3 Å². The lowest BCUT2D eigenvalue weighted by Crippen LogP contribution is -2.35. The molecule has 1 rings (SSSR count). The zero-order valence-electron chi connectivity index (χ0n) is 11.9. The van der Waals surface area contributed by atoms with Crippen molar-refractivity contribution in [2.75, 3.05) is 20.1 Å². The molecule has 1 aliphatic carbocycles. The summed E-state index contributed by atoms with van der Waals surface area (Å²) in [5.41, 5.74) is 0.498. The maximum Gasteiger partial charge on any atom is 0.00297 e. The summed E-state index contributed by atoms with van der Waals surface area (Å²) in [5, 5.41) is 0. The third kappa shape index (κ3) is 5.34. The van der Waals surface area contributed by atoms with E-state index in [9.17, 15) is 0 Å². The number of rotatable bonds is 6. The Morgan fingerprint density at radius 1 is 1.12 bits per heavy atom. The van der Waals surface area contributed by atoms with Crippen LogP contribution in [0.2, 0.25) is 0 Å². The van der Waals surface area contributed by atoms with Crippen molar-refractivity contribution in [3.8, 4) is 0 Å². The Morgan fingerprint density at radius 3 is 2.31 bits per heavy atom. The Balaban J connectivity index is 2.25. The highest BCUT2D eigenvalue weighted by Gasteiger charge is 2.21. The van der Waals surface area contributed by atoms with Crippen molar-refractivity contribution >= 4 is 0 Å². The van der Waals surface area contributed by atoms with Gasteiger partial charge in [0.05, 0.1) is 0 Å². The van der Waals surface area contributed by atoms with Gasteiger partial charge in [0.25, 0.3) is 0 Å². The van der Waals surface area contributed by atoms with Gasteiger partial charge in [0.1, 0.15) is 0 Å². The van der Waals surface area contributed by atoms with Crippen LogP contribution in [-0.2, 0) is 0 Å². The molecule has 0 spiro atoms. The lowest BCUT2D eigenvalue weighted by atomic mass is 9.86. The molecular weight excluding hydrogens is 194 g/mol. The van der Waals surface area contributed by atoms with Gasteiger partial charge in [0, 0.05) is 13.1 Å². The van der Waals surface area contributed by atoms with Crippen LogP contribution in [0.25, 0.3) is 0 Å². The molecule has 0 aromatic heterocycles. The SMILES string of the molecule is CCCC(C)(C)CN(C)CC1CCCCC1. The highest BCUT2D eigenvalue weighted by atomic mass is 15.1. The Morgan fingerprint density at radius 2 is 1.75 bits per heavy atom. The average Bonchev–Trinajstić information content (AvgIpc) is 2.17. The number of nitrogens with zero attached hydrogens (tertiary/aromatic N) is 1. The van der Waals surface area contributed by atoms with Crippen LogP contribution in [-0.4, -0.2) is 25.0 Å².